The van der Waals surface area contributed by atoms with Crippen molar-refractivity contribution in [1.82, 2.24) is 19.5 Å². The van der Waals surface area contributed by atoms with E-state index in [1.165, 1.54) is 48.8 Å². The quantitative estimate of drug-likeness (QED) is 0.124. The Morgan fingerprint density at radius 1 is 0.262 bits per heavy atom. The van der Waals surface area contributed by atoms with Crippen molar-refractivity contribution in [3.63, 3.8) is 0 Å². The third-order valence-electron chi connectivity index (χ3n) is 13.0. The van der Waals surface area contributed by atoms with Gasteiger partial charge >= 0.3 is 0 Å². The smallest absolute Gasteiger partial charge is 0.164 e. The molecule has 2 heterocycles. The fourth-order valence-corrected chi connectivity index (χ4v) is 10.1. The van der Waals surface area contributed by atoms with Gasteiger partial charge in [0, 0.05) is 33.2 Å². The molecular formula is C61H38N4. The van der Waals surface area contributed by atoms with E-state index in [4.69, 9.17) is 15.0 Å². The van der Waals surface area contributed by atoms with E-state index in [9.17, 15) is 0 Å². The lowest BCUT2D eigenvalue weighted by Crippen LogP contribution is -2.02. The fraction of sp³-hybridized carbons (Fsp3) is 0. The molecule has 0 N–H and O–H groups in total. The molecule has 2 aromatic heterocycles. The number of rotatable bonds is 6. The van der Waals surface area contributed by atoms with E-state index < -0.39 is 0 Å². The van der Waals surface area contributed by atoms with E-state index in [0.29, 0.717) is 17.5 Å². The Hall–Kier alpha value is -8.73. The van der Waals surface area contributed by atoms with Gasteiger partial charge in [0.2, 0.25) is 0 Å². The van der Waals surface area contributed by atoms with Crippen molar-refractivity contribution in [2.24, 2.45) is 0 Å². The predicted molar refractivity (Wildman–Crippen MR) is 271 cm³/mol. The van der Waals surface area contributed by atoms with E-state index in [1.54, 1.807) is 0 Å². The maximum Gasteiger partial charge on any atom is 0.164 e. The van der Waals surface area contributed by atoms with Crippen LogP contribution in [0.2, 0.25) is 0 Å². The molecule has 0 saturated heterocycles. The van der Waals surface area contributed by atoms with Crippen LogP contribution in [-0.2, 0) is 0 Å². The molecule has 11 aromatic carbocycles. The van der Waals surface area contributed by atoms with Crippen LogP contribution in [0, 0.1) is 0 Å². The second kappa shape index (κ2) is 15.0. The van der Waals surface area contributed by atoms with Crippen LogP contribution >= 0.6 is 0 Å². The van der Waals surface area contributed by atoms with Crippen molar-refractivity contribution in [3.8, 4) is 62.1 Å². The highest BCUT2D eigenvalue weighted by molar-refractivity contribution is 6.23. The van der Waals surface area contributed by atoms with Gasteiger partial charge in [-0.1, -0.05) is 182 Å². The van der Waals surface area contributed by atoms with Crippen LogP contribution in [0.4, 0.5) is 0 Å². The maximum atomic E-state index is 5.41. The Balaban J connectivity index is 1.06. The van der Waals surface area contributed by atoms with E-state index in [2.05, 4.69) is 229 Å². The highest BCUT2D eigenvalue weighted by atomic mass is 15.0. The molecule has 0 radical (unpaired) electrons. The third kappa shape index (κ3) is 6.03. The first-order valence-electron chi connectivity index (χ1n) is 22.1. The fourth-order valence-electron chi connectivity index (χ4n) is 10.1. The minimum absolute atomic E-state index is 0.617. The van der Waals surface area contributed by atoms with Gasteiger partial charge in [-0.2, -0.15) is 0 Å². The molecule has 0 fully saturated rings. The largest absolute Gasteiger partial charge is 0.309 e. The molecule has 13 rings (SSSR count). The summed E-state index contributed by atoms with van der Waals surface area (Å²) in [5, 5.41) is 11.9. The molecule has 0 aliphatic carbocycles. The summed E-state index contributed by atoms with van der Waals surface area (Å²) in [5.41, 5.74) is 10.8. The van der Waals surface area contributed by atoms with E-state index in [1.807, 2.05) is 6.07 Å². The van der Waals surface area contributed by atoms with Crippen LogP contribution < -0.4 is 0 Å². The molecule has 0 saturated carbocycles. The monoisotopic (exact) mass is 826 g/mol. The SMILES string of the molecule is c1ccc(-c2ccccc2-c2nc(-c3ccc4c(c3)c3ccccc3n4-c3ccccc3)nc(-c3ccc(-c4c5ccccc5cc5c4ccc4ccccc45)c4ccccc34)n2)cc1. The van der Waals surface area contributed by atoms with Gasteiger partial charge in [0.25, 0.3) is 0 Å². The number of hydrogen-bond donors (Lipinski definition) is 0. The zero-order valence-electron chi connectivity index (χ0n) is 35.2. The summed E-state index contributed by atoms with van der Waals surface area (Å²) in [6, 6.07) is 82.3. The van der Waals surface area contributed by atoms with Crippen molar-refractivity contribution >= 4 is 64.9 Å². The first kappa shape index (κ1) is 36.9. The van der Waals surface area contributed by atoms with Gasteiger partial charge in [0.15, 0.2) is 17.5 Å². The van der Waals surface area contributed by atoms with Gasteiger partial charge in [-0.15, -0.1) is 0 Å². The van der Waals surface area contributed by atoms with Gasteiger partial charge in [0.1, 0.15) is 0 Å². The van der Waals surface area contributed by atoms with Crippen LogP contribution in [-0.4, -0.2) is 19.5 Å². The highest BCUT2D eigenvalue weighted by Gasteiger charge is 2.21. The minimum atomic E-state index is 0.617. The summed E-state index contributed by atoms with van der Waals surface area (Å²) in [6.07, 6.45) is 0. The molecule has 65 heavy (non-hydrogen) atoms. The molecule has 0 unspecified atom stereocenters. The zero-order chi connectivity index (χ0) is 42.8. The number of nitrogens with zero attached hydrogens (tertiary/aromatic N) is 4. The Bertz CT molecular complexity index is 4000. The van der Waals surface area contributed by atoms with Crippen molar-refractivity contribution in [3.05, 3.63) is 231 Å². The van der Waals surface area contributed by atoms with Crippen LogP contribution in [0.5, 0.6) is 0 Å². The molecule has 0 atom stereocenters. The summed E-state index contributed by atoms with van der Waals surface area (Å²) < 4.78 is 2.34. The van der Waals surface area contributed by atoms with Crippen LogP contribution in [0.3, 0.4) is 0 Å². The summed E-state index contributed by atoms with van der Waals surface area (Å²) in [6.45, 7) is 0. The molecule has 13 aromatic rings. The lowest BCUT2D eigenvalue weighted by atomic mass is 9.87. The topological polar surface area (TPSA) is 43.6 Å². The average molecular weight is 827 g/mol. The molecule has 4 heteroatoms. The normalized spacial score (nSPS) is 11.7. The van der Waals surface area contributed by atoms with Crippen molar-refractivity contribution in [2.75, 3.05) is 0 Å². The molecule has 0 aliphatic heterocycles. The van der Waals surface area contributed by atoms with Crippen LogP contribution in [0.25, 0.3) is 127 Å². The number of aromatic nitrogens is 4. The average Bonchev–Trinajstić information content (AvgIpc) is 3.72. The van der Waals surface area contributed by atoms with Gasteiger partial charge in [0.05, 0.1) is 11.0 Å². The van der Waals surface area contributed by atoms with E-state index in [-0.39, 0.29) is 0 Å². The second-order valence-electron chi connectivity index (χ2n) is 16.7. The summed E-state index contributed by atoms with van der Waals surface area (Å²) in [5.74, 6) is 1.86. The van der Waals surface area contributed by atoms with Crippen molar-refractivity contribution < 1.29 is 0 Å². The van der Waals surface area contributed by atoms with Gasteiger partial charge < -0.3 is 4.57 Å². The van der Waals surface area contributed by atoms with E-state index >= 15 is 0 Å². The number of para-hydroxylation sites is 2. The van der Waals surface area contributed by atoms with Gasteiger partial charge in [-0.3, -0.25) is 0 Å². The Morgan fingerprint density at radius 3 is 1.63 bits per heavy atom. The molecule has 4 nitrogen and oxygen atoms in total. The van der Waals surface area contributed by atoms with Crippen molar-refractivity contribution in [1.29, 1.82) is 0 Å². The number of hydrogen-bond acceptors (Lipinski definition) is 3. The molecule has 0 spiro atoms. The standard InChI is InChI=1S/C61H38N4/c1-3-17-39(18-4-1)44-23-11-14-29-52(44)60-62-59(42-32-36-57-55(38-42)49-28-15-16-30-56(49)65(57)43-21-5-2-6-22-43)63-61(64-60)53-35-34-50(47-26-12-13-27-48(47)53)58-46-25-10-8-20-41(46)37-54-45-24-9-7-19-40(45)31-33-51(54)58/h1-38H. The lowest BCUT2D eigenvalue weighted by molar-refractivity contribution is 1.08. The Morgan fingerprint density at radius 2 is 0.831 bits per heavy atom. The number of fused-ring (bicyclic) bond motifs is 8. The third-order valence-corrected chi connectivity index (χ3v) is 13.0. The summed E-state index contributed by atoms with van der Waals surface area (Å²) >= 11 is 0. The van der Waals surface area contributed by atoms with Gasteiger partial charge in [-0.25, -0.2) is 15.0 Å². The van der Waals surface area contributed by atoms with Crippen LogP contribution in [0.15, 0.2) is 231 Å². The van der Waals surface area contributed by atoms with Crippen LogP contribution in [0.1, 0.15) is 0 Å². The molecular weight excluding hydrogens is 789 g/mol. The maximum absolute atomic E-state index is 5.41. The first-order valence-corrected chi connectivity index (χ1v) is 22.1. The highest BCUT2D eigenvalue weighted by Crippen LogP contribution is 2.44. The van der Waals surface area contributed by atoms with E-state index in [0.717, 1.165) is 60.7 Å². The summed E-state index contributed by atoms with van der Waals surface area (Å²) in [4.78, 5) is 16.2. The molecule has 0 bridgehead atoms. The molecule has 302 valence electrons. The van der Waals surface area contributed by atoms with Gasteiger partial charge in [-0.05, 0) is 114 Å². The second-order valence-corrected chi connectivity index (χ2v) is 16.7. The zero-order valence-corrected chi connectivity index (χ0v) is 35.2. The molecule has 0 aliphatic rings. The molecule has 0 amide bonds. The first-order chi connectivity index (χ1) is 32.2. The number of benzene rings is 11. The van der Waals surface area contributed by atoms with Crippen molar-refractivity contribution in [2.45, 2.75) is 0 Å². The predicted octanol–water partition coefficient (Wildman–Crippen LogP) is 15.9. The Labute approximate surface area is 375 Å². The minimum Gasteiger partial charge on any atom is -0.309 e. The Kier molecular flexibility index (Phi) is 8.50. The summed E-state index contributed by atoms with van der Waals surface area (Å²) in [7, 11) is 0. The lowest BCUT2D eigenvalue weighted by Gasteiger charge is -2.17.